The summed E-state index contributed by atoms with van der Waals surface area (Å²) in [5.74, 6) is -0.778. The van der Waals surface area contributed by atoms with Crippen LogP contribution in [0.5, 0.6) is 0 Å². The van der Waals surface area contributed by atoms with E-state index in [0.717, 1.165) is 0 Å². The first-order valence-electron chi connectivity index (χ1n) is 15.3. The lowest BCUT2D eigenvalue weighted by Gasteiger charge is -2.25. The zero-order chi connectivity index (χ0) is 32.7. The lowest BCUT2D eigenvalue weighted by molar-refractivity contribution is -0.147. The number of esters is 2. The first-order chi connectivity index (χ1) is 21.2. The van der Waals surface area contributed by atoms with Crippen molar-refractivity contribution >= 4 is 19.8 Å². The Balaban J connectivity index is 3.16. The average Bonchev–Trinajstić information content (AvgIpc) is 2.98. The van der Waals surface area contributed by atoms with Gasteiger partial charge in [0.1, 0.15) is 21.1 Å². The van der Waals surface area contributed by atoms with Crippen molar-refractivity contribution in [1.29, 1.82) is 0 Å². The molecule has 0 spiro atoms. The van der Waals surface area contributed by atoms with Crippen molar-refractivity contribution in [2.75, 3.05) is 132 Å². The van der Waals surface area contributed by atoms with Crippen molar-refractivity contribution in [2.45, 2.75) is 33.5 Å². The fraction of sp³-hybridized carbons (Fsp3) is 0.867. The van der Waals surface area contributed by atoms with Gasteiger partial charge in [0.15, 0.2) is 0 Å². The molecule has 1 unspecified atom stereocenters. The van der Waals surface area contributed by atoms with E-state index in [1.165, 1.54) is 0 Å². The van der Waals surface area contributed by atoms with Gasteiger partial charge in [-0.2, -0.15) is 0 Å². The molecular weight excluding hydrogens is 579 g/mol. The minimum absolute atomic E-state index is 0.118. The molecule has 0 amide bonds. The Morgan fingerprint density at radius 1 is 0.500 bits per heavy atom. The van der Waals surface area contributed by atoms with Gasteiger partial charge in [-0.25, -0.2) is 4.79 Å². The lowest BCUT2D eigenvalue weighted by atomic mass is 9.68. The molecule has 0 radical (unpaired) electrons. The van der Waals surface area contributed by atoms with E-state index in [2.05, 4.69) is 6.58 Å². The van der Waals surface area contributed by atoms with Crippen molar-refractivity contribution < 1.29 is 61.7 Å². The molecule has 0 bridgehead atoms. The number of hydrogen-bond donors (Lipinski definition) is 0. The summed E-state index contributed by atoms with van der Waals surface area (Å²) in [6, 6.07) is 0. The van der Waals surface area contributed by atoms with Crippen LogP contribution >= 0.6 is 0 Å². The van der Waals surface area contributed by atoms with E-state index in [9.17, 15) is 9.59 Å². The Bertz CT molecular complexity index is 703. The minimum Gasteiger partial charge on any atom is -0.464 e. The maximum atomic E-state index is 11.9. The molecule has 0 aliphatic carbocycles. The van der Waals surface area contributed by atoms with Gasteiger partial charge >= 0.3 is 11.9 Å². The fourth-order valence-electron chi connectivity index (χ4n) is 2.86. The summed E-state index contributed by atoms with van der Waals surface area (Å²) in [5.41, 5.74) is 0.250. The van der Waals surface area contributed by atoms with E-state index in [-0.39, 0.29) is 30.4 Å². The quantitative estimate of drug-likeness (QED) is 0.0454. The third-order valence-electron chi connectivity index (χ3n) is 5.91. The van der Waals surface area contributed by atoms with Gasteiger partial charge in [0.2, 0.25) is 0 Å². The Hall–Kier alpha value is -1.62. The van der Waals surface area contributed by atoms with E-state index < -0.39 is 5.97 Å². The van der Waals surface area contributed by atoms with Crippen LogP contribution in [-0.4, -0.2) is 152 Å². The van der Waals surface area contributed by atoms with Crippen LogP contribution in [0.3, 0.4) is 0 Å². The van der Waals surface area contributed by atoms with Gasteiger partial charge < -0.3 is 52.1 Å². The molecule has 0 rings (SSSR count). The largest absolute Gasteiger partial charge is 0.464 e. The molecular formula is C30H57BO13. The van der Waals surface area contributed by atoms with Crippen molar-refractivity contribution in [3.05, 3.63) is 12.2 Å². The molecule has 0 N–H and O–H groups in total. The van der Waals surface area contributed by atoms with E-state index in [0.29, 0.717) is 124 Å². The standard InChI is InChI=1S/C30H57BO13/c1-26(2)28(32)43-24-22-41-20-18-39-16-14-37-12-10-35-8-6-34-7-9-36-11-13-38-15-17-40-19-21-42-23-25-44-29(33)27(31)30(3,4)5/h27H,1,6-25,31H2,2-5H3. The zero-order valence-electron chi connectivity index (χ0n) is 27.7. The number of hydrogen-bond acceptors (Lipinski definition) is 13. The average molecular weight is 637 g/mol. The molecule has 0 heterocycles. The Morgan fingerprint density at radius 3 is 0.955 bits per heavy atom. The maximum Gasteiger partial charge on any atom is 0.333 e. The number of ether oxygens (including phenoxy) is 11. The van der Waals surface area contributed by atoms with Gasteiger partial charge in [-0.15, -0.1) is 0 Å². The molecule has 13 nitrogen and oxygen atoms in total. The summed E-state index contributed by atoms with van der Waals surface area (Å²) in [6.07, 6.45) is 0. The Morgan fingerprint density at radius 2 is 0.727 bits per heavy atom. The molecule has 0 aromatic heterocycles. The minimum atomic E-state index is -0.415. The van der Waals surface area contributed by atoms with Gasteiger partial charge in [-0.05, 0) is 12.3 Å². The number of rotatable bonds is 32. The van der Waals surface area contributed by atoms with E-state index >= 15 is 0 Å². The summed E-state index contributed by atoms with van der Waals surface area (Å²) in [6.45, 7) is 19.7. The van der Waals surface area contributed by atoms with Gasteiger partial charge in [0, 0.05) is 11.4 Å². The van der Waals surface area contributed by atoms with Crippen molar-refractivity contribution in [2.24, 2.45) is 5.41 Å². The normalized spacial score (nSPS) is 12.3. The monoisotopic (exact) mass is 636 g/mol. The highest BCUT2D eigenvalue weighted by Gasteiger charge is 2.27. The summed E-state index contributed by atoms with van der Waals surface area (Å²) in [7, 11) is 1.87. The van der Waals surface area contributed by atoms with Gasteiger partial charge in [-0.3, -0.25) is 4.79 Å². The molecule has 0 saturated carbocycles. The predicted octanol–water partition coefficient (Wildman–Crippen LogP) is 1.27. The lowest BCUT2D eigenvalue weighted by Crippen LogP contribution is -2.26. The van der Waals surface area contributed by atoms with Gasteiger partial charge in [0.25, 0.3) is 0 Å². The number of carbonyl (C=O) groups excluding carboxylic acids is 2. The Labute approximate surface area is 264 Å². The van der Waals surface area contributed by atoms with E-state index in [1.807, 2.05) is 28.6 Å². The van der Waals surface area contributed by atoms with Crippen LogP contribution in [0.15, 0.2) is 12.2 Å². The molecule has 0 saturated heterocycles. The SMILES string of the molecule is BC(C(=O)OCCOCCOCCOCCOCCOCCOCCOCCOCCOCCOC(=O)C(=C)C)C(C)(C)C. The van der Waals surface area contributed by atoms with Crippen molar-refractivity contribution in [1.82, 2.24) is 0 Å². The highest BCUT2D eigenvalue weighted by Crippen LogP contribution is 2.29. The van der Waals surface area contributed by atoms with Crippen LogP contribution in [0, 0.1) is 5.41 Å². The molecule has 258 valence electrons. The van der Waals surface area contributed by atoms with E-state index in [4.69, 9.17) is 52.1 Å². The van der Waals surface area contributed by atoms with Gasteiger partial charge in [-0.1, -0.05) is 27.4 Å². The van der Waals surface area contributed by atoms with Crippen LogP contribution in [0.25, 0.3) is 0 Å². The molecule has 0 aliphatic rings. The van der Waals surface area contributed by atoms with Gasteiger partial charge in [0.05, 0.1) is 119 Å². The molecule has 44 heavy (non-hydrogen) atoms. The highest BCUT2D eigenvalue weighted by atomic mass is 16.6. The van der Waals surface area contributed by atoms with Crippen molar-refractivity contribution in [3.63, 3.8) is 0 Å². The second-order valence-electron chi connectivity index (χ2n) is 10.7. The smallest absolute Gasteiger partial charge is 0.333 e. The third-order valence-corrected chi connectivity index (χ3v) is 5.91. The molecule has 0 aromatic carbocycles. The second-order valence-corrected chi connectivity index (χ2v) is 10.7. The third kappa shape index (κ3) is 29.1. The fourth-order valence-corrected chi connectivity index (χ4v) is 2.86. The zero-order valence-corrected chi connectivity index (χ0v) is 27.7. The first kappa shape index (κ1) is 42.4. The summed E-state index contributed by atoms with van der Waals surface area (Å²) < 4.78 is 58.9. The highest BCUT2D eigenvalue weighted by molar-refractivity contribution is 6.23. The maximum absolute atomic E-state index is 11.9. The molecule has 0 aromatic rings. The first-order valence-corrected chi connectivity index (χ1v) is 15.3. The second kappa shape index (κ2) is 30.1. The Kier molecular flexibility index (Phi) is 29.0. The van der Waals surface area contributed by atoms with Crippen LogP contribution in [0.1, 0.15) is 27.7 Å². The molecule has 14 heteroatoms. The van der Waals surface area contributed by atoms with Crippen LogP contribution in [-0.2, 0) is 61.7 Å². The molecule has 0 fully saturated rings. The van der Waals surface area contributed by atoms with Crippen LogP contribution in [0.2, 0.25) is 5.82 Å². The predicted molar refractivity (Wildman–Crippen MR) is 166 cm³/mol. The summed E-state index contributed by atoms with van der Waals surface area (Å²) in [5, 5.41) is 0. The van der Waals surface area contributed by atoms with Crippen molar-refractivity contribution in [3.8, 4) is 0 Å². The summed E-state index contributed by atoms with van der Waals surface area (Å²) >= 11 is 0. The topological polar surface area (TPSA) is 136 Å². The number of carbonyl (C=O) groups is 2. The van der Waals surface area contributed by atoms with E-state index in [1.54, 1.807) is 6.92 Å². The summed E-state index contributed by atoms with van der Waals surface area (Å²) in [4.78, 5) is 23.1. The molecule has 0 aliphatic heterocycles. The van der Waals surface area contributed by atoms with Crippen LogP contribution < -0.4 is 0 Å². The van der Waals surface area contributed by atoms with Crippen LogP contribution in [0.4, 0.5) is 0 Å². The molecule has 1 atom stereocenters.